The molecule has 18 heavy (non-hydrogen) atoms. The highest BCUT2D eigenvalue weighted by molar-refractivity contribution is 5.93. The molecule has 0 fully saturated rings. The van der Waals surface area contributed by atoms with Crippen LogP contribution in [0.15, 0.2) is 36.5 Å². The first kappa shape index (κ1) is 11.5. The van der Waals surface area contributed by atoms with Crippen LogP contribution in [0.3, 0.4) is 0 Å². The van der Waals surface area contributed by atoms with Gasteiger partial charge < -0.3 is 11.1 Å². The number of nitrogens with zero attached hydrogens (tertiary/aromatic N) is 3. The van der Waals surface area contributed by atoms with E-state index in [1.807, 2.05) is 6.07 Å². The zero-order valence-corrected chi connectivity index (χ0v) is 9.29. The van der Waals surface area contributed by atoms with Crippen LogP contribution in [0.2, 0.25) is 0 Å². The van der Waals surface area contributed by atoms with E-state index < -0.39 is 5.91 Å². The predicted octanol–water partition coefficient (Wildman–Crippen LogP) is 1.19. The summed E-state index contributed by atoms with van der Waals surface area (Å²) in [6, 6.07) is 10.00. The molecule has 1 aromatic heterocycles. The van der Waals surface area contributed by atoms with Gasteiger partial charge in [0.2, 0.25) is 11.9 Å². The van der Waals surface area contributed by atoms with E-state index in [4.69, 9.17) is 11.0 Å². The van der Waals surface area contributed by atoms with E-state index in [0.717, 1.165) is 0 Å². The second kappa shape index (κ2) is 4.93. The summed E-state index contributed by atoms with van der Waals surface area (Å²) in [4.78, 5) is 18.8. The number of benzene rings is 1. The van der Waals surface area contributed by atoms with E-state index in [2.05, 4.69) is 15.3 Å². The molecule has 1 amide bonds. The van der Waals surface area contributed by atoms with Crippen LogP contribution in [0, 0.1) is 11.3 Å². The Morgan fingerprint density at radius 2 is 2.00 bits per heavy atom. The molecule has 0 aliphatic carbocycles. The lowest BCUT2D eigenvalue weighted by Gasteiger charge is -2.04. The first-order valence-corrected chi connectivity index (χ1v) is 5.09. The monoisotopic (exact) mass is 239 g/mol. The van der Waals surface area contributed by atoms with Crippen LogP contribution in [0.25, 0.3) is 0 Å². The number of primary amides is 1. The van der Waals surface area contributed by atoms with Crippen LogP contribution in [0.5, 0.6) is 0 Å². The lowest BCUT2D eigenvalue weighted by atomic mass is 10.2. The number of hydrogen-bond acceptors (Lipinski definition) is 5. The molecule has 0 bridgehead atoms. The van der Waals surface area contributed by atoms with Gasteiger partial charge in [-0.05, 0) is 30.3 Å². The molecule has 0 saturated heterocycles. The Hall–Kier alpha value is -2.94. The summed E-state index contributed by atoms with van der Waals surface area (Å²) in [6.07, 6.45) is 1.49. The fourth-order valence-corrected chi connectivity index (χ4v) is 1.33. The maximum absolute atomic E-state index is 10.9. The third kappa shape index (κ3) is 2.59. The number of nitrogens with two attached hydrogens (primary N) is 1. The second-order valence-electron chi connectivity index (χ2n) is 3.44. The Bertz CT molecular complexity index is 615. The molecule has 6 nitrogen and oxygen atoms in total. The fourth-order valence-electron chi connectivity index (χ4n) is 1.33. The van der Waals surface area contributed by atoms with Crippen molar-refractivity contribution in [2.24, 2.45) is 5.73 Å². The molecule has 0 atom stereocenters. The standard InChI is InChI=1S/C12H9N5O/c13-7-10-5-6-15-12(17-10)16-9-3-1-8(2-4-9)11(14)18/h1-6H,(H2,14,18)(H,15,16,17). The largest absolute Gasteiger partial charge is 0.366 e. The van der Waals surface area contributed by atoms with Gasteiger partial charge >= 0.3 is 0 Å². The van der Waals surface area contributed by atoms with Gasteiger partial charge in [0.25, 0.3) is 0 Å². The van der Waals surface area contributed by atoms with Crippen LogP contribution in [-0.2, 0) is 0 Å². The van der Waals surface area contributed by atoms with E-state index in [0.29, 0.717) is 17.2 Å². The Kier molecular flexibility index (Phi) is 3.16. The highest BCUT2D eigenvalue weighted by Gasteiger charge is 2.02. The van der Waals surface area contributed by atoms with Gasteiger partial charge in [-0.15, -0.1) is 0 Å². The van der Waals surface area contributed by atoms with E-state index in [9.17, 15) is 4.79 Å². The minimum Gasteiger partial charge on any atom is -0.366 e. The highest BCUT2D eigenvalue weighted by atomic mass is 16.1. The SMILES string of the molecule is N#Cc1ccnc(Nc2ccc(C(N)=O)cc2)n1. The van der Waals surface area contributed by atoms with Crippen molar-refractivity contribution >= 4 is 17.5 Å². The van der Waals surface area contributed by atoms with Gasteiger partial charge in [-0.3, -0.25) is 4.79 Å². The maximum atomic E-state index is 10.9. The van der Waals surface area contributed by atoms with Gasteiger partial charge in [-0.1, -0.05) is 0 Å². The summed E-state index contributed by atoms with van der Waals surface area (Å²) in [5.41, 5.74) is 6.54. The van der Waals surface area contributed by atoms with Gasteiger partial charge in [-0.2, -0.15) is 5.26 Å². The number of amides is 1. The average molecular weight is 239 g/mol. The molecule has 0 unspecified atom stereocenters. The Balaban J connectivity index is 2.18. The molecule has 6 heteroatoms. The van der Waals surface area contributed by atoms with Gasteiger partial charge in [0.05, 0.1) is 0 Å². The van der Waals surface area contributed by atoms with Crippen LogP contribution < -0.4 is 11.1 Å². The predicted molar refractivity (Wildman–Crippen MR) is 65.0 cm³/mol. The molecule has 0 radical (unpaired) electrons. The molecular weight excluding hydrogens is 230 g/mol. The Morgan fingerprint density at radius 1 is 1.28 bits per heavy atom. The van der Waals surface area contributed by atoms with Crippen LogP contribution in [0.4, 0.5) is 11.6 Å². The van der Waals surface area contributed by atoms with E-state index >= 15 is 0 Å². The number of nitrogens with one attached hydrogen (secondary N) is 1. The van der Waals surface area contributed by atoms with Gasteiger partial charge in [0.15, 0.2) is 0 Å². The van der Waals surface area contributed by atoms with Crippen LogP contribution in [0.1, 0.15) is 16.1 Å². The van der Waals surface area contributed by atoms with E-state index in [-0.39, 0.29) is 5.69 Å². The van der Waals surface area contributed by atoms with Gasteiger partial charge in [-0.25, -0.2) is 9.97 Å². The quantitative estimate of drug-likeness (QED) is 0.837. The zero-order valence-electron chi connectivity index (χ0n) is 9.29. The lowest BCUT2D eigenvalue weighted by molar-refractivity contribution is 0.100. The molecule has 0 saturated carbocycles. The van der Waals surface area contributed by atoms with Crippen LogP contribution in [-0.4, -0.2) is 15.9 Å². The van der Waals surface area contributed by atoms with Crippen molar-refractivity contribution in [1.29, 1.82) is 5.26 Å². The third-order valence-electron chi connectivity index (χ3n) is 2.20. The minimum atomic E-state index is -0.482. The fraction of sp³-hybridized carbons (Fsp3) is 0. The molecule has 2 rings (SSSR count). The van der Waals surface area contributed by atoms with Crippen molar-refractivity contribution in [2.45, 2.75) is 0 Å². The van der Waals surface area contributed by atoms with Crippen molar-refractivity contribution in [3.8, 4) is 6.07 Å². The molecule has 1 aromatic carbocycles. The molecule has 3 N–H and O–H groups in total. The number of carbonyl (C=O) groups is 1. The Morgan fingerprint density at radius 3 is 2.61 bits per heavy atom. The number of carbonyl (C=O) groups excluding carboxylic acids is 1. The molecule has 1 heterocycles. The molecule has 0 aliphatic heterocycles. The van der Waals surface area contributed by atoms with E-state index in [1.54, 1.807) is 24.3 Å². The van der Waals surface area contributed by atoms with Gasteiger partial charge in [0.1, 0.15) is 11.8 Å². The number of hydrogen-bond donors (Lipinski definition) is 2. The highest BCUT2D eigenvalue weighted by Crippen LogP contribution is 2.13. The molecule has 2 aromatic rings. The van der Waals surface area contributed by atoms with Crippen molar-refractivity contribution < 1.29 is 4.79 Å². The normalized spacial score (nSPS) is 9.50. The summed E-state index contributed by atoms with van der Waals surface area (Å²) in [6.45, 7) is 0. The summed E-state index contributed by atoms with van der Waals surface area (Å²) >= 11 is 0. The third-order valence-corrected chi connectivity index (χ3v) is 2.20. The summed E-state index contributed by atoms with van der Waals surface area (Å²) in [7, 11) is 0. The number of aromatic nitrogens is 2. The lowest BCUT2D eigenvalue weighted by Crippen LogP contribution is -2.10. The smallest absolute Gasteiger partial charge is 0.248 e. The topological polar surface area (TPSA) is 105 Å². The molecule has 0 aliphatic rings. The first-order chi connectivity index (χ1) is 8.69. The molecule has 88 valence electrons. The van der Waals surface area contributed by atoms with Crippen molar-refractivity contribution in [3.63, 3.8) is 0 Å². The Labute approximate surface area is 103 Å². The van der Waals surface area contributed by atoms with Crippen molar-refractivity contribution in [2.75, 3.05) is 5.32 Å². The van der Waals surface area contributed by atoms with Crippen LogP contribution >= 0.6 is 0 Å². The number of anilines is 2. The van der Waals surface area contributed by atoms with Gasteiger partial charge in [0, 0.05) is 17.4 Å². The summed E-state index contributed by atoms with van der Waals surface area (Å²) in [5.74, 6) is -0.162. The minimum absolute atomic E-state index is 0.279. The summed E-state index contributed by atoms with van der Waals surface area (Å²) in [5, 5.41) is 11.6. The second-order valence-corrected chi connectivity index (χ2v) is 3.44. The maximum Gasteiger partial charge on any atom is 0.248 e. The molecular formula is C12H9N5O. The summed E-state index contributed by atoms with van der Waals surface area (Å²) < 4.78 is 0. The number of rotatable bonds is 3. The first-order valence-electron chi connectivity index (χ1n) is 5.09. The van der Waals surface area contributed by atoms with Crippen molar-refractivity contribution in [3.05, 3.63) is 47.8 Å². The molecule has 0 spiro atoms. The van der Waals surface area contributed by atoms with Crippen molar-refractivity contribution in [1.82, 2.24) is 9.97 Å². The average Bonchev–Trinajstić information content (AvgIpc) is 2.39. The zero-order chi connectivity index (χ0) is 13.0. The van der Waals surface area contributed by atoms with E-state index in [1.165, 1.54) is 12.3 Å². The number of nitriles is 1.